The number of nitrogens with zero attached hydrogens (tertiary/aromatic N) is 1. The lowest BCUT2D eigenvalue weighted by Crippen LogP contribution is -2.14. The summed E-state index contributed by atoms with van der Waals surface area (Å²) in [6.45, 7) is 0. The van der Waals surface area contributed by atoms with Gasteiger partial charge in [-0.05, 0) is 0 Å². The number of hydrogen-bond acceptors (Lipinski definition) is 1. The smallest absolute Gasteiger partial charge is 0.200 e. The summed E-state index contributed by atoms with van der Waals surface area (Å²) in [7, 11) is 2.33. The van der Waals surface area contributed by atoms with Gasteiger partial charge in [-0.3, -0.25) is 0 Å². The van der Waals surface area contributed by atoms with E-state index in [1.54, 1.807) is 0 Å². The average molecular weight is 453 g/mol. The Balaban J connectivity index is 2.49. The second kappa shape index (κ2) is 7.78. The normalized spacial score (nSPS) is 11.2. The molecule has 31 heavy (non-hydrogen) atoms. The van der Waals surface area contributed by atoms with Crippen LogP contribution in [0.3, 0.4) is 0 Å². The molecule has 3 aromatic rings. The molecule has 0 aromatic heterocycles. The maximum Gasteiger partial charge on any atom is 0.200 e. The van der Waals surface area contributed by atoms with Crippen molar-refractivity contribution in [2.24, 2.45) is 0 Å². The first-order valence-corrected chi connectivity index (χ1v) is 8.25. The van der Waals surface area contributed by atoms with Gasteiger partial charge in [0.15, 0.2) is 46.5 Å². The first-order chi connectivity index (χ1) is 14.4. The lowest BCUT2D eigenvalue weighted by atomic mass is 9.93. The molecule has 0 saturated carbocycles. The molecule has 0 bridgehead atoms. The first-order valence-electron chi connectivity index (χ1n) is 8.25. The van der Waals surface area contributed by atoms with Crippen molar-refractivity contribution in [3.8, 4) is 22.3 Å². The van der Waals surface area contributed by atoms with E-state index >= 15 is 0 Å². The molecule has 0 atom stereocenters. The molecule has 1 nitrogen and oxygen atoms in total. The number of anilines is 1. The van der Waals surface area contributed by atoms with E-state index in [0.717, 1.165) is 23.1 Å². The van der Waals surface area contributed by atoms with Gasteiger partial charge >= 0.3 is 0 Å². The molecule has 11 heteroatoms. The van der Waals surface area contributed by atoms with E-state index in [2.05, 4.69) is 0 Å². The van der Waals surface area contributed by atoms with Crippen LogP contribution in [0.1, 0.15) is 0 Å². The number of para-hydroxylation sites is 1. The van der Waals surface area contributed by atoms with Crippen molar-refractivity contribution >= 4 is 5.69 Å². The summed E-state index contributed by atoms with van der Waals surface area (Å²) in [5.41, 5.74) is -4.91. The largest absolute Gasteiger partial charge is 0.377 e. The van der Waals surface area contributed by atoms with Crippen LogP contribution in [0.2, 0.25) is 0 Å². The fraction of sp³-hybridized carbons (Fsp3) is 0.100. The van der Waals surface area contributed by atoms with Crippen LogP contribution in [0.5, 0.6) is 0 Å². The Labute approximate surface area is 168 Å². The minimum absolute atomic E-state index is 0.561. The molecule has 3 rings (SSSR count). The Morgan fingerprint density at radius 1 is 0.452 bits per heavy atom. The molecular weight excluding hydrogens is 444 g/mol. The van der Waals surface area contributed by atoms with Crippen LogP contribution in [0, 0.1) is 58.2 Å². The monoisotopic (exact) mass is 453 g/mol. The van der Waals surface area contributed by atoms with Crippen molar-refractivity contribution < 1.29 is 43.9 Å². The van der Waals surface area contributed by atoms with Crippen molar-refractivity contribution in [2.45, 2.75) is 0 Å². The third-order valence-corrected chi connectivity index (χ3v) is 4.44. The zero-order valence-corrected chi connectivity index (χ0v) is 15.5. The third-order valence-electron chi connectivity index (χ3n) is 4.44. The van der Waals surface area contributed by atoms with E-state index in [-0.39, 0.29) is 0 Å². The molecule has 0 amide bonds. The molecule has 0 aliphatic heterocycles. The SMILES string of the molecule is CN(C)c1c(-c2c(F)c(F)c(F)c(F)c2F)cccc1-c1c(F)c(F)c(F)c(F)c1F. The molecule has 0 saturated heterocycles. The molecule has 3 aromatic carbocycles. The molecule has 0 spiro atoms. The van der Waals surface area contributed by atoms with E-state index in [1.165, 1.54) is 14.1 Å². The average Bonchev–Trinajstić information content (AvgIpc) is 2.73. The molecular formula is C20H9F10N. The van der Waals surface area contributed by atoms with Gasteiger partial charge in [0.25, 0.3) is 0 Å². The Hall–Kier alpha value is -3.24. The van der Waals surface area contributed by atoms with Crippen molar-refractivity contribution in [3.05, 3.63) is 76.4 Å². The molecule has 0 aliphatic carbocycles. The Morgan fingerprint density at radius 3 is 0.968 bits per heavy atom. The summed E-state index contributed by atoms with van der Waals surface area (Å²) in [6.07, 6.45) is 0. The highest BCUT2D eigenvalue weighted by molar-refractivity contribution is 5.91. The van der Waals surface area contributed by atoms with Crippen LogP contribution in [-0.4, -0.2) is 14.1 Å². The van der Waals surface area contributed by atoms with Gasteiger partial charge in [0.2, 0.25) is 11.6 Å². The molecule has 0 fully saturated rings. The molecule has 0 radical (unpaired) electrons. The number of rotatable bonds is 3. The van der Waals surface area contributed by atoms with E-state index in [9.17, 15) is 43.9 Å². The predicted molar refractivity (Wildman–Crippen MR) is 91.2 cm³/mol. The van der Waals surface area contributed by atoms with Gasteiger partial charge in [-0.25, -0.2) is 43.9 Å². The summed E-state index contributed by atoms with van der Waals surface area (Å²) in [5, 5.41) is 0. The number of benzene rings is 3. The predicted octanol–water partition coefficient (Wildman–Crippen LogP) is 6.48. The maximum atomic E-state index is 14.3. The van der Waals surface area contributed by atoms with E-state index in [0.29, 0.717) is 0 Å². The van der Waals surface area contributed by atoms with Crippen molar-refractivity contribution in [2.75, 3.05) is 19.0 Å². The third kappa shape index (κ3) is 3.28. The maximum absolute atomic E-state index is 14.3. The summed E-state index contributed by atoms with van der Waals surface area (Å²) >= 11 is 0. The zero-order chi connectivity index (χ0) is 23.4. The van der Waals surface area contributed by atoms with Crippen LogP contribution in [-0.2, 0) is 0 Å². The van der Waals surface area contributed by atoms with Gasteiger partial charge < -0.3 is 4.90 Å². The highest BCUT2D eigenvalue weighted by Crippen LogP contribution is 2.44. The second-order valence-corrected chi connectivity index (χ2v) is 6.49. The van der Waals surface area contributed by atoms with Gasteiger partial charge in [-0.2, -0.15) is 0 Å². The van der Waals surface area contributed by atoms with E-state index < -0.39 is 86.1 Å². The van der Waals surface area contributed by atoms with E-state index in [1.807, 2.05) is 0 Å². The van der Waals surface area contributed by atoms with Crippen molar-refractivity contribution in [1.82, 2.24) is 0 Å². The van der Waals surface area contributed by atoms with Gasteiger partial charge in [-0.15, -0.1) is 0 Å². The number of halogens is 10. The molecule has 0 aliphatic rings. The molecule has 164 valence electrons. The summed E-state index contributed by atoms with van der Waals surface area (Å²) < 4.78 is 139. The summed E-state index contributed by atoms with van der Waals surface area (Å²) in [4.78, 5) is 0.959. The number of hydrogen-bond donors (Lipinski definition) is 0. The highest BCUT2D eigenvalue weighted by Gasteiger charge is 2.32. The standard InChI is InChI=1S/C20H9F10N/c1-31(2)20-6(8-10(21)14(25)18(29)15(26)11(8)22)4-3-5-7(20)9-12(23)16(27)19(30)17(28)13(9)24/h3-5H,1-2H3. The lowest BCUT2D eigenvalue weighted by molar-refractivity contribution is 0.381. The quantitative estimate of drug-likeness (QED) is 0.249. The Bertz CT molecular complexity index is 1070. The first kappa shape index (κ1) is 22.4. The Morgan fingerprint density at radius 2 is 0.710 bits per heavy atom. The van der Waals surface area contributed by atoms with Gasteiger partial charge in [0.1, 0.15) is 0 Å². The minimum Gasteiger partial charge on any atom is -0.377 e. The molecule has 0 N–H and O–H groups in total. The van der Waals surface area contributed by atoms with Gasteiger partial charge in [0, 0.05) is 25.2 Å². The fourth-order valence-electron chi connectivity index (χ4n) is 3.11. The molecule has 0 heterocycles. The lowest BCUT2D eigenvalue weighted by Gasteiger charge is -2.23. The fourth-order valence-corrected chi connectivity index (χ4v) is 3.11. The van der Waals surface area contributed by atoms with Crippen molar-refractivity contribution in [3.63, 3.8) is 0 Å². The topological polar surface area (TPSA) is 3.24 Å². The highest BCUT2D eigenvalue weighted by atomic mass is 19.2. The van der Waals surface area contributed by atoms with E-state index in [4.69, 9.17) is 0 Å². The summed E-state index contributed by atoms with van der Waals surface area (Å²) in [6, 6.07) is 2.63. The van der Waals surface area contributed by atoms with Gasteiger partial charge in [-0.1, -0.05) is 18.2 Å². The summed E-state index contributed by atoms with van der Waals surface area (Å²) in [5.74, 6) is -22.9. The Kier molecular flexibility index (Phi) is 5.64. The van der Waals surface area contributed by atoms with Crippen LogP contribution in [0.25, 0.3) is 22.3 Å². The molecule has 0 unspecified atom stereocenters. The van der Waals surface area contributed by atoms with Crippen LogP contribution >= 0.6 is 0 Å². The van der Waals surface area contributed by atoms with Crippen molar-refractivity contribution in [1.29, 1.82) is 0 Å². The van der Waals surface area contributed by atoms with Gasteiger partial charge in [0.05, 0.1) is 16.8 Å². The zero-order valence-electron chi connectivity index (χ0n) is 15.5. The van der Waals surface area contributed by atoms with Crippen LogP contribution in [0.4, 0.5) is 49.6 Å². The second-order valence-electron chi connectivity index (χ2n) is 6.49. The van der Waals surface area contributed by atoms with Crippen LogP contribution < -0.4 is 4.90 Å². The van der Waals surface area contributed by atoms with Crippen LogP contribution in [0.15, 0.2) is 18.2 Å². The minimum atomic E-state index is -2.43.